The second-order valence-electron chi connectivity index (χ2n) is 5.22. The van der Waals surface area contributed by atoms with Crippen LogP contribution in [0.3, 0.4) is 0 Å². The van der Waals surface area contributed by atoms with Crippen LogP contribution in [-0.4, -0.2) is 24.5 Å². The number of aryl methyl sites for hydroxylation is 2. The molecule has 2 aromatic carbocycles. The van der Waals surface area contributed by atoms with E-state index in [1.54, 1.807) is 45.2 Å². The molecular formula is C17H18N2O5. The van der Waals surface area contributed by atoms with Crippen molar-refractivity contribution in [1.82, 2.24) is 0 Å². The van der Waals surface area contributed by atoms with E-state index in [0.29, 0.717) is 28.3 Å². The minimum Gasteiger partial charge on any atom is -0.497 e. The van der Waals surface area contributed by atoms with Gasteiger partial charge in [0.05, 0.1) is 12.0 Å². The standard InChI is InChI=1S/C17H18N2O5/c1-11-8-13(19(21)22)9-12(2)17(11)18-16(20)10-24-15-6-4-14(23-3)5-7-15/h4-9H,10H2,1-3H3,(H,18,20). The number of nitro groups is 1. The molecule has 0 spiro atoms. The Morgan fingerprint density at radius 1 is 1.12 bits per heavy atom. The summed E-state index contributed by atoms with van der Waals surface area (Å²) in [5.41, 5.74) is 1.81. The first-order chi connectivity index (χ1) is 11.4. The van der Waals surface area contributed by atoms with Crippen molar-refractivity contribution in [3.63, 3.8) is 0 Å². The van der Waals surface area contributed by atoms with Gasteiger partial charge in [-0.15, -0.1) is 0 Å². The lowest BCUT2D eigenvalue weighted by atomic mass is 10.1. The number of non-ortho nitro benzene ring substituents is 1. The zero-order valence-electron chi connectivity index (χ0n) is 13.7. The van der Waals surface area contributed by atoms with Crippen LogP contribution in [-0.2, 0) is 4.79 Å². The molecule has 7 heteroatoms. The van der Waals surface area contributed by atoms with Gasteiger partial charge in [0.2, 0.25) is 0 Å². The Morgan fingerprint density at radius 3 is 2.17 bits per heavy atom. The molecule has 7 nitrogen and oxygen atoms in total. The van der Waals surface area contributed by atoms with Gasteiger partial charge in [-0.3, -0.25) is 14.9 Å². The Labute approximate surface area is 139 Å². The summed E-state index contributed by atoms with van der Waals surface area (Å²) in [6.07, 6.45) is 0. The Morgan fingerprint density at radius 2 is 1.67 bits per heavy atom. The highest BCUT2D eigenvalue weighted by atomic mass is 16.6. The van der Waals surface area contributed by atoms with Crippen LogP contribution in [0.15, 0.2) is 36.4 Å². The Hall–Kier alpha value is -3.09. The highest BCUT2D eigenvalue weighted by Gasteiger charge is 2.14. The van der Waals surface area contributed by atoms with Crippen LogP contribution in [0.25, 0.3) is 0 Å². The van der Waals surface area contributed by atoms with Gasteiger partial charge in [-0.25, -0.2) is 0 Å². The van der Waals surface area contributed by atoms with E-state index in [4.69, 9.17) is 9.47 Å². The number of hydrogen-bond donors (Lipinski definition) is 1. The lowest BCUT2D eigenvalue weighted by Crippen LogP contribution is -2.21. The fourth-order valence-corrected chi connectivity index (χ4v) is 2.24. The third-order valence-electron chi connectivity index (χ3n) is 3.42. The molecule has 1 amide bonds. The summed E-state index contributed by atoms with van der Waals surface area (Å²) in [5, 5.41) is 13.6. The third kappa shape index (κ3) is 4.22. The number of amides is 1. The Balaban J connectivity index is 2.00. The molecule has 0 aliphatic rings. The van der Waals surface area contributed by atoms with Gasteiger partial charge in [-0.05, 0) is 49.2 Å². The molecule has 2 rings (SSSR count). The molecule has 0 fully saturated rings. The zero-order valence-corrected chi connectivity index (χ0v) is 13.7. The highest BCUT2D eigenvalue weighted by Crippen LogP contribution is 2.26. The van der Waals surface area contributed by atoms with Crippen LogP contribution >= 0.6 is 0 Å². The molecule has 0 radical (unpaired) electrons. The van der Waals surface area contributed by atoms with Gasteiger partial charge in [0, 0.05) is 17.8 Å². The number of methoxy groups -OCH3 is 1. The molecule has 0 heterocycles. The first kappa shape index (κ1) is 17.3. The number of carbonyl (C=O) groups excluding carboxylic acids is 1. The molecule has 24 heavy (non-hydrogen) atoms. The average Bonchev–Trinajstić information content (AvgIpc) is 2.56. The van der Waals surface area contributed by atoms with Gasteiger partial charge in [-0.1, -0.05) is 0 Å². The van der Waals surface area contributed by atoms with Gasteiger partial charge in [0.15, 0.2) is 6.61 Å². The van der Waals surface area contributed by atoms with Crippen LogP contribution < -0.4 is 14.8 Å². The summed E-state index contributed by atoms with van der Waals surface area (Å²) in [5.74, 6) is 0.901. The van der Waals surface area contributed by atoms with Gasteiger partial charge in [0.25, 0.3) is 11.6 Å². The summed E-state index contributed by atoms with van der Waals surface area (Å²) in [6.45, 7) is 3.25. The highest BCUT2D eigenvalue weighted by molar-refractivity contribution is 5.93. The number of nitrogens with zero attached hydrogens (tertiary/aromatic N) is 1. The van der Waals surface area contributed by atoms with Crippen molar-refractivity contribution in [1.29, 1.82) is 0 Å². The van der Waals surface area contributed by atoms with Crippen LogP contribution in [0.2, 0.25) is 0 Å². The molecule has 0 aliphatic heterocycles. The third-order valence-corrected chi connectivity index (χ3v) is 3.42. The molecule has 0 unspecified atom stereocenters. The minimum atomic E-state index is -0.460. The maximum absolute atomic E-state index is 12.0. The molecule has 0 aromatic heterocycles. The predicted molar refractivity (Wildman–Crippen MR) is 89.7 cm³/mol. The number of ether oxygens (including phenoxy) is 2. The van der Waals surface area contributed by atoms with E-state index >= 15 is 0 Å². The summed E-state index contributed by atoms with van der Waals surface area (Å²) in [6, 6.07) is 9.72. The van der Waals surface area contributed by atoms with Crippen LogP contribution in [0, 0.1) is 24.0 Å². The molecule has 1 N–H and O–H groups in total. The summed E-state index contributed by atoms with van der Waals surface area (Å²) in [7, 11) is 1.57. The van der Waals surface area contributed by atoms with Crippen molar-refractivity contribution in [2.24, 2.45) is 0 Å². The van der Waals surface area contributed by atoms with Crippen LogP contribution in [0.1, 0.15) is 11.1 Å². The monoisotopic (exact) mass is 330 g/mol. The van der Waals surface area contributed by atoms with Crippen LogP contribution in [0.5, 0.6) is 11.5 Å². The maximum atomic E-state index is 12.0. The van der Waals surface area contributed by atoms with Crippen molar-refractivity contribution in [3.8, 4) is 11.5 Å². The lowest BCUT2D eigenvalue weighted by molar-refractivity contribution is -0.384. The fraction of sp³-hybridized carbons (Fsp3) is 0.235. The van der Waals surface area contributed by atoms with Crippen molar-refractivity contribution in [3.05, 3.63) is 57.6 Å². The topological polar surface area (TPSA) is 90.7 Å². The quantitative estimate of drug-likeness (QED) is 0.648. The van der Waals surface area contributed by atoms with Crippen LogP contribution in [0.4, 0.5) is 11.4 Å². The normalized spacial score (nSPS) is 10.1. The van der Waals surface area contributed by atoms with Crippen molar-refractivity contribution in [2.45, 2.75) is 13.8 Å². The SMILES string of the molecule is COc1ccc(OCC(=O)Nc2c(C)cc([N+](=O)[O-])cc2C)cc1. The first-order valence-electron chi connectivity index (χ1n) is 7.23. The second kappa shape index (κ2) is 7.45. The number of carbonyl (C=O) groups is 1. The number of rotatable bonds is 6. The van der Waals surface area contributed by atoms with E-state index in [1.807, 2.05) is 0 Å². The average molecular weight is 330 g/mol. The molecule has 0 aliphatic carbocycles. The number of anilines is 1. The van der Waals surface area contributed by atoms with E-state index in [9.17, 15) is 14.9 Å². The summed E-state index contributed by atoms with van der Waals surface area (Å²) >= 11 is 0. The van der Waals surface area contributed by atoms with E-state index < -0.39 is 4.92 Å². The zero-order chi connectivity index (χ0) is 17.7. The van der Waals surface area contributed by atoms with E-state index in [-0.39, 0.29) is 18.2 Å². The van der Waals surface area contributed by atoms with Gasteiger partial charge < -0.3 is 14.8 Å². The molecule has 0 bridgehead atoms. The Bertz CT molecular complexity index is 733. The number of nitro benzene ring substituents is 1. The predicted octanol–water partition coefficient (Wildman–Crippen LogP) is 3.24. The van der Waals surface area contributed by atoms with Gasteiger partial charge in [0.1, 0.15) is 11.5 Å². The summed E-state index contributed by atoms with van der Waals surface area (Å²) in [4.78, 5) is 22.4. The maximum Gasteiger partial charge on any atom is 0.270 e. The van der Waals surface area contributed by atoms with Crippen molar-refractivity contribution in [2.75, 3.05) is 19.0 Å². The van der Waals surface area contributed by atoms with E-state index in [0.717, 1.165) is 0 Å². The molecule has 126 valence electrons. The molecule has 2 aromatic rings. The fourth-order valence-electron chi connectivity index (χ4n) is 2.24. The van der Waals surface area contributed by atoms with E-state index in [1.165, 1.54) is 12.1 Å². The van der Waals surface area contributed by atoms with Crippen molar-refractivity contribution >= 4 is 17.3 Å². The minimum absolute atomic E-state index is 0.00233. The van der Waals surface area contributed by atoms with Gasteiger partial charge >= 0.3 is 0 Å². The number of hydrogen-bond acceptors (Lipinski definition) is 5. The largest absolute Gasteiger partial charge is 0.497 e. The van der Waals surface area contributed by atoms with E-state index in [2.05, 4.69) is 5.32 Å². The molecule has 0 atom stereocenters. The number of benzene rings is 2. The molecule has 0 saturated carbocycles. The smallest absolute Gasteiger partial charge is 0.270 e. The Kier molecular flexibility index (Phi) is 5.36. The van der Waals surface area contributed by atoms with Gasteiger partial charge in [-0.2, -0.15) is 0 Å². The first-order valence-corrected chi connectivity index (χ1v) is 7.23. The van der Waals surface area contributed by atoms with Crippen molar-refractivity contribution < 1.29 is 19.2 Å². The lowest BCUT2D eigenvalue weighted by Gasteiger charge is -2.12. The second-order valence-corrected chi connectivity index (χ2v) is 5.22. The molecular weight excluding hydrogens is 312 g/mol. The number of nitrogens with one attached hydrogen (secondary N) is 1. The summed E-state index contributed by atoms with van der Waals surface area (Å²) < 4.78 is 10.4. The molecule has 0 saturated heterocycles.